The van der Waals surface area contributed by atoms with Crippen LogP contribution in [0, 0.1) is 5.92 Å². The summed E-state index contributed by atoms with van der Waals surface area (Å²) in [7, 11) is 2.17. The first kappa shape index (κ1) is 16.3. The molecule has 0 unspecified atom stereocenters. The fraction of sp³-hybridized carbons (Fsp3) is 0.611. The minimum Gasteiger partial charge on any atom is -0.381 e. The number of carbonyl (C=O) groups is 1. The number of hydrogen-bond donors (Lipinski definition) is 3. The van der Waals surface area contributed by atoms with Crippen molar-refractivity contribution >= 4 is 17.3 Å². The van der Waals surface area contributed by atoms with Gasteiger partial charge < -0.3 is 20.9 Å². The van der Waals surface area contributed by atoms with Gasteiger partial charge in [0.25, 0.3) is 0 Å². The smallest absolute Gasteiger partial charge is 0.227 e. The third kappa shape index (κ3) is 4.45. The highest BCUT2D eigenvalue weighted by molar-refractivity contribution is 5.95. The second-order valence-electron chi connectivity index (χ2n) is 6.78. The number of rotatable bonds is 4. The Bertz CT molecular complexity index is 520. The van der Waals surface area contributed by atoms with E-state index in [0.29, 0.717) is 6.04 Å². The van der Waals surface area contributed by atoms with E-state index in [9.17, 15) is 4.79 Å². The van der Waals surface area contributed by atoms with Gasteiger partial charge in [-0.1, -0.05) is 12.1 Å². The first-order valence-corrected chi connectivity index (χ1v) is 8.78. The molecule has 0 aliphatic carbocycles. The maximum atomic E-state index is 12.5. The van der Waals surface area contributed by atoms with Crippen molar-refractivity contribution in [2.75, 3.05) is 43.9 Å². The average Bonchev–Trinajstić information content (AvgIpc) is 2.59. The second kappa shape index (κ2) is 7.79. The summed E-state index contributed by atoms with van der Waals surface area (Å²) in [5.74, 6) is 0.289. The van der Waals surface area contributed by atoms with Crippen LogP contribution in [0.4, 0.5) is 11.4 Å². The maximum absolute atomic E-state index is 12.5. The van der Waals surface area contributed by atoms with Crippen LogP contribution < -0.4 is 16.0 Å². The van der Waals surface area contributed by atoms with Crippen molar-refractivity contribution in [1.82, 2.24) is 10.2 Å². The van der Waals surface area contributed by atoms with Crippen molar-refractivity contribution in [2.45, 2.75) is 31.7 Å². The molecule has 0 radical (unpaired) electrons. The number of nitrogens with one attached hydrogen (secondary N) is 3. The molecule has 1 aromatic rings. The van der Waals surface area contributed by atoms with Gasteiger partial charge in [0.2, 0.25) is 5.91 Å². The van der Waals surface area contributed by atoms with E-state index in [1.54, 1.807) is 0 Å². The summed E-state index contributed by atoms with van der Waals surface area (Å²) < 4.78 is 0. The van der Waals surface area contributed by atoms with Crippen LogP contribution in [0.2, 0.25) is 0 Å². The summed E-state index contributed by atoms with van der Waals surface area (Å²) in [4.78, 5) is 14.8. The molecule has 0 saturated carbocycles. The number of hydrogen-bond acceptors (Lipinski definition) is 4. The highest BCUT2D eigenvalue weighted by Gasteiger charge is 2.22. The van der Waals surface area contributed by atoms with Crippen LogP contribution in [0.15, 0.2) is 24.3 Å². The number of para-hydroxylation sites is 2. The van der Waals surface area contributed by atoms with Gasteiger partial charge in [0, 0.05) is 12.0 Å². The molecule has 0 atom stereocenters. The summed E-state index contributed by atoms with van der Waals surface area (Å²) in [6.07, 6.45) is 4.15. The van der Waals surface area contributed by atoms with Crippen LogP contribution in [0.1, 0.15) is 25.7 Å². The molecule has 0 aromatic heterocycles. The minimum atomic E-state index is 0.132. The van der Waals surface area contributed by atoms with Gasteiger partial charge >= 0.3 is 0 Å². The number of amides is 1. The molecule has 2 aliphatic rings. The lowest BCUT2D eigenvalue weighted by molar-refractivity contribution is -0.120. The molecule has 5 heteroatoms. The summed E-state index contributed by atoms with van der Waals surface area (Å²) in [5, 5.41) is 10.1. The molecule has 1 aromatic carbocycles. The Labute approximate surface area is 138 Å². The van der Waals surface area contributed by atoms with Crippen molar-refractivity contribution in [2.24, 2.45) is 5.92 Å². The van der Waals surface area contributed by atoms with E-state index >= 15 is 0 Å². The molecule has 5 nitrogen and oxygen atoms in total. The van der Waals surface area contributed by atoms with E-state index in [2.05, 4.69) is 34.0 Å². The van der Waals surface area contributed by atoms with Gasteiger partial charge in [-0.15, -0.1) is 0 Å². The Morgan fingerprint density at radius 1 is 1.09 bits per heavy atom. The molecule has 3 rings (SSSR count). The molecular formula is C18H28N4O. The Morgan fingerprint density at radius 2 is 1.74 bits per heavy atom. The van der Waals surface area contributed by atoms with E-state index in [1.165, 1.54) is 0 Å². The number of anilines is 2. The standard InChI is InChI=1S/C18H28N4O/c1-22-12-8-15(9-13-22)20-16-4-2-3-5-17(16)21-18(23)14-6-10-19-11-7-14/h2-5,14-15,19-20H,6-13H2,1H3,(H,21,23). The van der Waals surface area contributed by atoms with Crippen LogP contribution in [0.25, 0.3) is 0 Å². The van der Waals surface area contributed by atoms with Crippen molar-refractivity contribution < 1.29 is 4.79 Å². The Morgan fingerprint density at radius 3 is 2.43 bits per heavy atom. The van der Waals surface area contributed by atoms with E-state index in [-0.39, 0.29) is 11.8 Å². The third-order valence-electron chi connectivity index (χ3n) is 4.97. The zero-order chi connectivity index (χ0) is 16.1. The predicted molar refractivity (Wildman–Crippen MR) is 94.8 cm³/mol. The number of nitrogens with zero attached hydrogens (tertiary/aromatic N) is 1. The zero-order valence-electron chi connectivity index (χ0n) is 14.0. The fourth-order valence-electron chi connectivity index (χ4n) is 3.41. The normalized spacial score (nSPS) is 21.1. The summed E-state index contributed by atoms with van der Waals surface area (Å²) in [6.45, 7) is 4.13. The summed E-state index contributed by atoms with van der Waals surface area (Å²) >= 11 is 0. The molecule has 2 saturated heterocycles. The van der Waals surface area contributed by atoms with Crippen molar-refractivity contribution in [1.29, 1.82) is 0 Å². The molecule has 2 heterocycles. The van der Waals surface area contributed by atoms with E-state index < -0.39 is 0 Å². The average molecular weight is 316 g/mol. The number of benzene rings is 1. The third-order valence-corrected chi connectivity index (χ3v) is 4.97. The molecule has 2 fully saturated rings. The Balaban J connectivity index is 1.62. The molecule has 0 spiro atoms. The van der Waals surface area contributed by atoms with Gasteiger partial charge in [-0.25, -0.2) is 0 Å². The number of likely N-dealkylation sites (tertiary alicyclic amines) is 1. The van der Waals surface area contributed by atoms with Crippen LogP contribution in [-0.4, -0.2) is 50.1 Å². The van der Waals surface area contributed by atoms with Crippen LogP contribution in [-0.2, 0) is 4.79 Å². The van der Waals surface area contributed by atoms with Gasteiger partial charge in [-0.2, -0.15) is 0 Å². The molecule has 3 N–H and O–H groups in total. The SMILES string of the molecule is CN1CCC(Nc2ccccc2NC(=O)C2CCNCC2)CC1. The predicted octanol–water partition coefficient (Wildman–Crippen LogP) is 2.13. The van der Waals surface area contributed by atoms with Gasteiger partial charge in [-0.3, -0.25) is 4.79 Å². The van der Waals surface area contributed by atoms with Crippen LogP contribution in [0.3, 0.4) is 0 Å². The van der Waals surface area contributed by atoms with Crippen molar-refractivity contribution in [3.8, 4) is 0 Å². The molecule has 0 bridgehead atoms. The first-order chi connectivity index (χ1) is 11.2. The minimum absolute atomic E-state index is 0.132. The summed E-state index contributed by atoms with van der Waals surface area (Å²) in [6, 6.07) is 8.56. The van der Waals surface area contributed by atoms with Crippen molar-refractivity contribution in [3.63, 3.8) is 0 Å². The lowest BCUT2D eigenvalue weighted by Gasteiger charge is -2.31. The van der Waals surface area contributed by atoms with Gasteiger partial charge in [0.05, 0.1) is 11.4 Å². The summed E-state index contributed by atoms with van der Waals surface area (Å²) in [5.41, 5.74) is 1.96. The van der Waals surface area contributed by atoms with E-state index in [4.69, 9.17) is 0 Å². The highest BCUT2D eigenvalue weighted by atomic mass is 16.1. The lowest BCUT2D eigenvalue weighted by atomic mass is 9.97. The van der Waals surface area contributed by atoms with E-state index in [0.717, 1.165) is 63.2 Å². The first-order valence-electron chi connectivity index (χ1n) is 8.78. The van der Waals surface area contributed by atoms with Gasteiger partial charge in [0.1, 0.15) is 0 Å². The highest BCUT2D eigenvalue weighted by Crippen LogP contribution is 2.25. The molecule has 1 amide bonds. The second-order valence-corrected chi connectivity index (χ2v) is 6.78. The Kier molecular flexibility index (Phi) is 5.51. The number of piperidine rings is 2. The van der Waals surface area contributed by atoms with Crippen LogP contribution >= 0.6 is 0 Å². The molecule has 23 heavy (non-hydrogen) atoms. The van der Waals surface area contributed by atoms with E-state index in [1.807, 2.05) is 18.2 Å². The molecular weight excluding hydrogens is 288 g/mol. The Hall–Kier alpha value is -1.59. The topological polar surface area (TPSA) is 56.4 Å². The van der Waals surface area contributed by atoms with Gasteiger partial charge in [-0.05, 0) is 71.0 Å². The molecule has 2 aliphatic heterocycles. The van der Waals surface area contributed by atoms with Crippen LogP contribution in [0.5, 0.6) is 0 Å². The van der Waals surface area contributed by atoms with Crippen molar-refractivity contribution in [3.05, 3.63) is 24.3 Å². The quantitative estimate of drug-likeness (QED) is 0.796. The van der Waals surface area contributed by atoms with Gasteiger partial charge in [0.15, 0.2) is 0 Å². The lowest BCUT2D eigenvalue weighted by Crippen LogP contribution is -2.37. The maximum Gasteiger partial charge on any atom is 0.227 e. The monoisotopic (exact) mass is 316 g/mol. The molecule has 126 valence electrons. The zero-order valence-corrected chi connectivity index (χ0v) is 14.0. The largest absolute Gasteiger partial charge is 0.381 e. The fourth-order valence-corrected chi connectivity index (χ4v) is 3.41. The number of carbonyl (C=O) groups excluding carboxylic acids is 1.